The van der Waals surface area contributed by atoms with E-state index in [4.69, 9.17) is 0 Å². The van der Waals surface area contributed by atoms with Crippen molar-refractivity contribution in [2.45, 2.75) is 59.1 Å². The molecule has 0 saturated heterocycles. The highest BCUT2D eigenvalue weighted by molar-refractivity contribution is 7.99. The summed E-state index contributed by atoms with van der Waals surface area (Å²) in [5.74, 6) is 2.74. The van der Waals surface area contributed by atoms with Crippen molar-refractivity contribution in [3.63, 3.8) is 0 Å². The molecular weight excluding hydrogens is 769 g/mol. The molecule has 0 unspecified atom stereocenters. The quantitative estimate of drug-likeness (QED) is 0.158. The van der Waals surface area contributed by atoms with E-state index in [0.29, 0.717) is 5.41 Å². The average molecular weight is 817 g/mol. The first-order valence-corrected chi connectivity index (χ1v) is 23.5. The highest BCUT2D eigenvalue weighted by atomic mass is 32.2. The molecule has 0 radical (unpaired) electrons. The van der Waals surface area contributed by atoms with Crippen LogP contribution in [0.1, 0.15) is 66.3 Å². The van der Waals surface area contributed by atoms with Crippen LogP contribution in [-0.2, 0) is 10.8 Å². The molecule has 0 amide bonds. The van der Waals surface area contributed by atoms with Gasteiger partial charge in [0.15, 0.2) is 0 Å². The van der Waals surface area contributed by atoms with Crippen molar-refractivity contribution in [1.29, 1.82) is 0 Å². The minimum Gasteiger partial charge on any atom is -0.310 e. The summed E-state index contributed by atoms with van der Waals surface area (Å²) in [7, 11) is 0. The fourth-order valence-electron chi connectivity index (χ4n) is 13.2. The molecule has 8 aromatic rings. The molecule has 4 bridgehead atoms. The number of fused-ring (bicyclic) bond motifs is 5. The Balaban J connectivity index is 1.00. The van der Waals surface area contributed by atoms with E-state index in [0.717, 1.165) is 29.1 Å². The summed E-state index contributed by atoms with van der Waals surface area (Å²) in [6, 6.07) is 75.4. The first-order valence-electron chi connectivity index (χ1n) is 22.7. The molecule has 2 nitrogen and oxygen atoms in total. The lowest BCUT2D eigenvalue weighted by molar-refractivity contribution is -0.00518. The highest BCUT2D eigenvalue weighted by Crippen LogP contribution is 2.62. The SMILES string of the molecule is c1ccc(C2(c3ccccc3)c3ccccc3-c3c(N(c4ccc(N5c6ccccc6Sc6ccccc65)cc4)c4ccc(C56CC7CC(CC(C7)C5)C6)cc4)cccc32)cc1. The van der Waals surface area contributed by atoms with Gasteiger partial charge in [0.25, 0.3) is 0 Å². The van der Waals surface area contributed by atoms with Crippen molar-refractivity contribution >= 4 is 45.9 Å². The first kappa shape index (κ1) is 36.4. The zero-order valence-corrected chi connectivity index (χ0v) is 35.6. The lowest BCUT2D eigenvalue weighted by Gasteiger charge is -2.57. The predicted molar refractivity (Wildman–Crippen MR) is 257 cm³/mol. The Morgan fingerprint density at radius 3 is 1.53 bits per heavy atom. The van der Waals surface area contributed by atoms with Gasteiger partial charge in [0.2, 0.25) is 0 Å². The van der Waals surface area contributed by atoms with Crippen LogP contribution in [0, 0.1) is 17.8 Å². The van der Waals surface area contributed by atoms with Gasteiger partial charge in [-0.3, -0.25) is 0 Å². The van der Waals surface area contributed by atoms with Crippen LogP contribution in [0.5, 0.6) is 0 Å². The Bertz CT molecular complexity index is 2850. The monoisotopic (exact) mass is 816 g/mol. The van der Waals surface area contributed by atoms with E-state index in [1.165, 1.54) is 104 Å². The summed E-state index contributed by atoms with van der Waals surface area (Å²) >= 11 is 1.85. The maximum absolute atomic E-state index is 2.54. The molecule has 1 heterocycles. The summed E-state index contributed by atoms with van der Waals surface area (Å²) < 4.78 is 0. The van der Waals surface area contributed by atoms with Gasteiger partial charge in [-0.15, -0.1) is 0 Å². The summed E-state index contributed by atoms with van der Waals surface area (Å²) in [6.07, 6.45) is 8.49. The summed E-state index contributed by atoms with van der Waals surface area (Å²) in [6.45, 7) is 0. The van der Waals surface area contributed by atoms with Gasteiger partial charge in [-0.1, -0.05) is 145 Å². The number of hydrogen-bond acceptors (Lipinski definition) is 3. The fraction of sp³-hybridized carbons (Fsp3) is 0.186. The zero-order chi connectivity index (χ0) is 40.8. The van der Waals surface area contributed by atoms with Crippen LogP contribution in [0.4, 0.5) is 34.1 Å². The Morgan fingerprint density at radius 2 is 0.935 bits per heavy atom. The molecule has 0 aromatic heterocycles. The smallest absolute Gasteiger partial charge is 0.0714 e. The Kier molecular flexibility index (Phi) is 8.29. The van der Waals surface area contributed by atoms with Crippen molar-refractivity contribution in [2.24, 2.45) is 17.8 Å². The molecule has 8 aromatic carbocycles. The van der Waals surface area contributed by atoms with E-state index in [1.54, 1.807) is 5.56 Å². The molecule has 62 heavy (non-hydrogen) atoms. The van der Waals surface area contributed by atoms with Crippen molar-refractivity contribution in [3.8, 4) is 11.1 Å². The van der Waals surface area contributed by atoms with Crippen LogP contribution in [0.2, 0.25) is 0 Å². The number of hydrogen-bond donors (Lipinski definition) is 0. The minimum atomic E-state index is -0.477. The molecular formula is C59H48N2S. The predicted octanol–water partition coefficient (Wildman–Crippen LogP) is 15.9. The lowest BCUT2D eigenvalue weighted by atomic mass is 9.48. The maximum Gasteiger partial charge on any atom is 0.0714 e. The fourth-order valence-corrected chi connectivity index (χ4v) is 14.3. The number of benzene rings is 8. The molecule has 3 heteroatoms. The van der Waals surface area contributed by atoms with Crippen LogP contribution in [0.25, 0.3) is 11.1 Å². The van der Waals surface area contributed by atoms with E-state index in [1.807, 2.05) is 11.8 Å². The molecule has 0 spiro atoms. The molecule has 4 saturated carbocycles. The molecule has 14 rings (SSSR count). The highest BCUT2D eigenvalue weighted by Gasteiger charge is 2.52. The summed E-state index contributed by atoms with van der Waals surface area (Å²) in [4.78, 5) is 7.52. The standard InChI is InChI=1S/C59H48N2S/c1-3-14-44(15-4-1)59(45-16-5-2-6-17-45)50-19-8-7-18-49(50)57-51(59)20-13-23-54(57)60(46-28-26-43(27-29-46)58-37-40-34-41(38-58)36-42(35-40)39-58)47-30-32-48(33-31-47)61-52-21-9-11-24-55(52)62-56-25-12-10-22-53(56)61/h1-33,40-42H,34-39H2. The number of nitrogens with zero attached hydrogens (tertiary/aromatic N) is 2. The van der Waals surface area contributed by atoms with Crippen molar-refractivity contribution in [2.75, 3.05) is 9.80 Å². The molecule has 4 fully saturated rings. The molecule has 6 aliphatic rings. The minimum absolute atomic E-state index is 0.344. The lowest BCUT2D eigenvalue weighted by Crippen LogP contribution is -2.48. The summed E-state index contributed by atoms with van der Waals surface area (Å²) in [5.41, 5.74) is 16.4. The second-order valence-electron chi connectivity index (χ2n) is 18.7. The molecule has 5 aliphatic carbocycles. The van der Waals surface area contributed by atoms with Crippen LogP contribution in [0.15, 0.2) is 210 Å². The average Bonchev–Trinajstić information content (AvgIpc) is 3.63. The van der Waals surface area contributed by atoms with Gasteiger partial charge < -0.3 is 9.80 Å². The van der Waals surface area contributed by atoms with Gasteiger partial charge in [0.05, 0.1) is 22.5 Å². The molecule has 300 valence electrons. The Morgan fingerprint density at radius 1 is 0.435 bits per heavy atom. The number of para-hydroxylation sites is 2. The van der Waals surface area contributed by atoms with Crippen LogP contribution < -0.4 is 9.80 Å². The molecule has 1 aliphatic heterocycles. The van der Waals surface area contributed by atoms with E-state index in [2.05, 4.69) is 210 Å². The van der Waals surface area contributed by atoms with Crippen molar-refractivity contribution in [1.82, 2.24) is 0 Å². The van der Waals surface area contributed by atoms with Gasteiger partial charge >= 0.3 is 0 Å². The Labute approximate surface area is 369 Å². The topological polar surface area (TPSA) is 6.48 Å². The van der Waals surface area contributed by atoms with Gasteiger partial charge in [0, 0.05) is 32.4 Å². The van der Waals surface area contributed by atoms with E-state index >= 15 is 0 Å². The van der Waals surface area contributed by atoms with Gasteiger partial charge in [-0.2, -0.15) is 0 Å². The van der Waals surface area contributed by atoms with Crippen molar-refractivity contribution in [3.05, 3.63) is 228 Å². The van der Waals surface area contributed by atoms with E-state index in [9.17, 15) is 0 Å². The molecule has 0 N–H and O–H groups in total. The van der Waals surface area contributed by atoms with Gasteiger partial charge in [-0.05, 0) is 162 Å². The number of anilines is 6. The van der Waals surface area contributed by atoms with Crippen LogP contribution >= 0.6 is 11.8 Å². The second-order valence-corrected chi connectivity index (χ2v) is 19.8. The van der Waals surface area contributed by atoms with Gasteiger partial charge in [0.1, 0.15) is 0 Å². The first-order chi connectivity index (χ1) is 30.7. The van der Waals surface area contributed by atoms with E-state index in [-0.39, 0.29) is 0 Å². The third-order valence-electron chi connectivity index (χ3n) is 15.3. The zero-order valence-electron chi connectivity index (χ0n) is 34.8. The normalized spacial score (nSPS) is 22.1. The third-order valence-corrected chi connectivity index (χ3v) is 16.4. The van der Waals surface area contributed by atoms with Gasteiger partial charge in [-0.25, -0.2) is 0 Å². The van der Waals surface area contributed by atoms with Crippen LogP contribution in [0.3, 0.4) is 0 Å². The second kappa shape index (κ2) is 14.1. The van der Waals surface area contributed by atoms with E-state index < -0.39 is 5.41 Å². The third kappa shape index (κ3) is 5.43. The maximum atomic E-state index is 2.54. The van der Waals surface area contributed by atoms with Crippen LogP contribution in [-0.4, -0.2) is 0 Å². The number of rotatable bonds is 7. The molecule has 0 atom stereocenters. The van der Waals surface area contributed by atoms with Crippen molar-refractivity contribution < 1.29 is 0 Å². The largest absolute Gasteiger partial charge is 0.310 e. The summed E-state index contributed by atoms with van der Waals surface area (Å²) in [5, 5.41) is 0. The Hall–Kier alpha value is -6.29.